The monoisotopic (exact) mass is 421 g/mol. The van der Waals surface area contributed by atoms with Crippen LogP contribution in [-0.2, 0) is 9.59 Å². The first-order valence-electron chi connectivity index (χ1n) is 8.34. The van der Waals surface area contributed by atoms with Gasteiger partial charge in [-0.3, -0.25) is 14.5 Å². The van der Waals surface area contributed by atoms with Crippen LogP contribution in [0.2, 0.25) is 10.0 Å². The molecule has 3 rings (SSSR count). The van der Waals surface area contributed by atoms with Gasteiger partial charge in [0.05, 0.1) is 5.69 Å². The van der Waals surface area contributed by atoms with Gasteiger partial charge >= 0.3 is 0 Å². The molecule has 0 radical (unpaired) electrons. The van der Waals surface area contributed by atoms with Gasteiger partial charge in [-0.1, -0.05) is 47.1 Å². The molecule has 1 aliphatic rings. The zero-order valence-corrected chi connectivity index (χ0v) is 16.8. The Morgan fingerprint density at radius 2 is 1.93 bits per heavy atom. The first kappa shape index (κ1) is 19.7. The lowest BCUT2D eigenvalue weighted by atomic mass is 10.2. The van der Waals surface area contributed by atoms with Crippen molar-refractivity contribution in [1.29, 1.82) is 0 Å². The van der Waals surface area contributed by atoms with Crippen LogP contribution in [0.15, 0.2) is 53.5 Å². The lowest BCUT2D eigenvalue weighted by Crippen LogP contribution is -2.45. The Balaban J connectivity index is 1.81. The van der Waals surface area contributed by atoms with E-state index >= 15 is 0 Å². The van der Waals surface area contributed by atoms with E-state index in [9.17, 15) is 9.59 Å². The van der Waals surface area contributed by atoms with E-state index in [0.717, 1.165) is 0 Å². The number of aliphatic imine (C=N–C) groups is 1. The third-order valence-electron chi connectivity index (χ3n) is 3.87. The largest absolute Gasteiger partial charge is 0.325 e. The lowest BCUT2D eigenvalue weighted by Gasteiger charge is -2.30. The number of nitrogens with one attached hydrogen (secondary N) is 1. The number of halogens is 2. The van der Waals surface area contributed by atoms with Gasteiger partial charge in [0.1, 0.15) is 5.25 Å². The van der Waals surface area contributed by atoms with Crippen LogP contribution in [0.1, 0.15) is 13.3 Å². The van der Waals surface area contributed by atoms with E-state index < -0.39 is 5.25 Å². The van der Waals surface area contributed by atoms with Crippen LogP contribution in [-0.4, -0.2) is 33.7 Å². The molecular weight excluding hydrogens is 405 g/mol. The van der Waals surface area contributed by atoms with Gasteiger partial charge < -0.3 is 5.32 Å². The summed E-state index contributed by atoms with van der Waals surface area (Å²) in [4.78, 5) is 31.3. The van der Waals surface area contributed by atoms with Crippen LogP contribution in [0.3, 0.4) is 0 Å². The molecule has 1 fully saturated rings. The van der Waals surface area contributed by atoms with Crippen LogP contribution in [0.4, 0.5) is 11.4 Å². The summed E-state index contributed by atoms with van der Waals surface area (Å²) in [5, 5.41) is 3.81. The molecule has 2 amide bonds. The number of amides is 2. The van der Waals surface area contributed by atoms with Crippen molar-refractivity contribution in [1.82, 2.24) is 4.90 Å². The fourth-order valence-electron chi connectivity index (χ4n) is 2.60. The molecule has 1 aliphatic heterocycles. The minimum atomic E-state index is -0.572. The van der Waals surface area contributed by atoms with Crippen LogP contribution >= 0.6 is 35.0 Å². The van der Waals surface area contributed by atoms with E-state index in [1.165, 1.54) is 11.8 Å². The molecule has 2 aromatic rings. The molecule has 1 heterocycles. The van der Waals surface area contributed by atoms with Gasteiger partial charge in [-0.05, 0) is 43.3 Å². The SMILES string of the molecule is CCN1C(=O)CC(C(=O)Nc2cccc(Cl)c2)SC1=Nc1cccc(Cl)c1. The Morgan fingerprint density at radius 3 is 2.59 bits per heavy atom. The number of benzene rings is 2. The fourth-order valence-corrected chi connectivity index (χ4v) is 4.14. The van der Waals surface area contributed by atoms with Crippen LogP contribution in [0.5, 0.6) is 0 Å². The average Bonchev–Trinajstić information content (AvgIpc) is 2.61. The van der Waals surface area contributed by atoms with Gasteiger partial charge in [-0.25, -0.2) is 4.99 Å². The smallest absolute Gasteiger partial charge is 0.238 e. The van der Waals surface area contributed by atoms with Crippen molar-refractivity contribution in [2.24, 2.45) is 4.99 Å². The van der Waals surface area contributed by atoms with Crippen LogP contribution < -0.4 is 5.32 Å². The van der Waals surface area contributed by atoms with Crippen molar-refractivity contribution >= 4 is 63.3 Å². The molecule has 0 bridgehead atoms. The summed E-state index contributed by atoms with van der Waals surface area (Å²) < 4.78 is 0. The number of hydrogen-bond acceptors (Lipinski definition) is 4. The number of anilines is 1. The first-order chi connectivity index (χ1) is 13.0. The molecule has 1 unspecified atom stereocenters. The topological polar surface area (TPSA) is 61.8 Å². The Labute approximate surface area is 171 Å². The summed E-state index contributed by atoms with van der Waals surface area (Å²) in [5.41, 5.74) is 1.22. The summed E-state index contributed by atoms with van der Waals surface area (Å²) >= 11 is 13.2. The number of amidine groups is 1. The standard InChI is InChI=1S/C19H17Cl2N3O2S/c1-2-24-17(25)11-16(18(26)22-14-7-3-5-12(20)9-14)27-19(24)23-15-8-4-6-13(21)10-15/h3-10,16H,2,11H2,1H3,(H,22,26). The minimum absolute atomic E-state index is 0.111. The van der Waals surface area contributed by atoms with Crippen molar-refractivity contribution in [2.75, 3.05) is 11.9 Å². The first-order valence-corrected chi connectivity index (χ1v) is 9.97. The third kappa shape index (κ3) is 5.03. The molecule has 0 aromatic heterocycles. The highest BCUT2D eigenvalue weighted by Gasteiger charge is 2.35. The maximum atomic E-state index is 12.6. The van der Waals surface area contributed by atoms with Gasteiger partial charge in [0.15, 0.2) is 5.17 Å². The normalized spacial score (nSPS) is 18.6. The molecule has 27 heavy (non-hydrogen) atoms. The minimum Gasteiger partial charge on any atom is -0.325 e. The molecule has 2 aromatic carbocycles. The van der Waals surface area contributed by atoms with Gasteiger partial charge in [-0.2, -0.15) is 0 Å². The highest BCUT2D eigenvalue weighted by molar-refractivity contribution is 8.15. The molecule has 140 valence electrons. The predicted octanol–water partition coefficient (Wildman–Crippen LogP) is 4.97. The van der Waals surface area contributed by atoms with Crippen molar-refractivity contribution < 1.29 is 9.59 Å². The van der Waals surface area contributed by atoms with Gasteiger partial charge in [0.25, 0.3) is 0 Å². The van der Waals surface area contributed by atoms with Crippen molar-refractivity contribution in [3.05, 3.63) is 58.6 Å². The zero-order valence-electron chi connectivity index (χ0n) is 14.5. The molecule has 0 aliphatic carbocycles. The van der Waals surface area contributed by atoms with Crippen molar-refractivity contribution in [2.45, 2.75) is 18.6 Å². The maximum absolute atomic E-state index is 12.6. The molecule has 1 atom stereocenters. The van der Waals surface area contributed by atoms with E-state index in [2.05, 4.69) is 10.3 Å². The lowest BCUT2D eigenvalue weighted by molar-refractivity contribution is -0.129. The number of nitrogens with zero attached hydrogens (tertiary/aromatic N) is 2. The summed E-state index contributed by atoms with van der Waals surface area (Å²) in [6.07, 6.45) is 0.111. The number of carbonyl (C=O) groups is 2. The molecule has 0 saturated carbocycles. The predicted molar refractivity (Wildman–Crippen MR) is 112 cm³/mol. The quantitative estimate of drug-likeness (QED) is 0.757. The second-order valence-corrected chi connectivity index (χ2v) is 7.87. The second-order valence-electron chi connectivity index (χ2n) is 5.82. The van der Waals surface area contributed by atoms with Crippen molar-refractivity contribution in [3.8, 4) is 0 Å². The Hall–Kier alpha value is -2.02. The summed E-state index contributed by atoms with van der Waals surface area (Å²) in [6.45, 7) is 2.35. The highest BCUT2D eigenvalue weighted by Crippen LogP contribution is 2.30. The molecule has 5 nitrogen and oxygen atoms in total. The van der Waals surface area contributed by atoms with Crippen LogP contribution in [0.25, 0.3) is 0 Å². The van der Waals surface area contributed by atoms with E-state index in [1.807, 2.05) is 6.92 Å². The third-order valence-corrected chi connectivity index (χ3v) is 5.53. The Morgan fingerprint density at radius 1 is 1.22 bits per heavy atom. The van der Waals surface area contributed by atoms with E-state index in [4.69, 9.17) is 23.2 Å². The number of rotatable bonds is 4. The average molecular weight is 422 g/mol. The molecule has 1 saturated heterocycles. The van der Waals surface area contributed by atoms with Gasteiger partial charge in [0.2, 0.25) is 11.8 Å². The van der Waals surface area contributed by atoms with Gasteiger partial charge in [-0.15, -0.1) is 0 Å². The van der Waals surface area contributed by atoms with E-state index in [-0.39, 0.29) is 18.2 Å². The summed E-state index contributed by atoms with van der Waals surface area (Å²) in [7, 11) is 0. The van der Waals surface area contributed by atoms with Crippen molar-refractivity contribution in [3.63, 3.8) is 0 Å². The summed E-state index contributed by atoms with van der Waals surface area (Å²) in [5.74, 6) is -0.395. The maximum Gasteiger partial charge on any atom is 0.238 e. The number of hydrogen-bond donors (Lipinski definition) is 1. The number of thioether (sulfide) groups is 1. The Bertz CT molecular complexity index is 904. The zero-order chi connectivity index (χ0) is 19.4. The second kappa shape index (κ2) is 8.78. The van der Waals surface area contributed by atoms with E-state index in [1.54, 1.807) is 53.4 Å². The molecule has 0 spiro atoms. The molecular formula is C19H17Cl2N3O2S. The van der Waals surface area contributed by atoms with Crippen LogP contribution in [0, 0.1) is 0 Å². The fraction of sp³-hybridized carbons (Fsp3) is 0.211. The summed E-state index contributed by atoms with van der Waals surface area (Å²) in [6, 6.07) is 13.9. The van der Waals surface area contributed by atoms with Gasteiger partial charge in [0, 0.05) is 28.7 Å². The van der Waals surface area contributed by atoms with E-state index in [0.29, 0.717) is 33.1 Å². The Kier molecular flexibility index (Phi) is 6.42. The highest BCUT2D eigenvalue weighted by atomic mass is 35.5. The molecule has 8 heteroatoms. The molecule has 1 N–H and O–H groups in total. The number of carbonyl (C=O) groups excluding carboxylic acids is 2.